The summed E-state index contributed by atoms with van der Waals surface area (Å²) in [6.45, 7) is 6.97. The zero-order valence-corrected chi connectivity index (χ0v) is 16.4. The molecule has 1 aromatic rings. The van der Waals surface area contributed by atoms with Gasteiger partial charge in [-0.15, -0.1) is 0 Å². The van der Waals surface area contributed by atoms with E-state index in [4.69, 9.17) is 9.84 Å². The first-order valence-electron chi connectivity index (χ1n) is 8.90. The van der Waals surface area contributed by atoms with Gasteiger partial charge in [0.15, 0.2) is 0 Å². The van der Waals surface area contributed by atoms with Gasteiger partial charge in [-0.2, -0.15) is 4.31 Å². The fraction of sp³-hybridized carbons (Fsp3) is 0.611. The van der Waals surface area contributed by atoms with Gasteiger partial charge in [0.2, 0.25) is 10.0 Å². The summed E-state index contributed by atoms with van der Waals surface area (Å²) in [5.41, 5.74) is 0.788. The predicted molar refractivity (Wildman–Crippen MR) is 98.9 cm³/mol. The number of hydrogen-bond donors (Lipinski definition) is 2. The smallest absolute Gasteiger partial charge is 0.317 e. The van der Waals surface area contributed by atoms with E-state index < -0.39 is 16.0 Å². The van der Waals surface area contributed by atoms with Crippen molar-refractivity contribution in [2.24, 2.45) is 5.92 Å². The molecule has 0 spiro atoms. The maximum Gasteiger partial charge on any atom is 0.317 e. The van der Waals surface area contributed by atoms with Gasteiger partial charge in [0.1, 0.15) is 5.75 Å². The number of sulfonamides is 1. The molecule has 0 aromatic heterocycles. The minimum Gasteiger partial charge on any atom is -0.491 e. The highest BCUT2D eigenvalue weighted by atomic mass is 32.2. The highest BCUT2D eigenvalue weighted by molar-refractivity contribution is 7.89. The Bertz CT molecular complexity index is 733. The van der Waals surface area contributed by atoms with Crippen LogP contribution in [0.2, 0.25) is 0 Å². The second kappa shape index (κ2) is 8.83. The average molecular weight is 384 g/mol. The summed E-state index contributed by atoms with van der Waals surface area (Å²) in [4.78, 5) is 10.9. The first kappa shape index (κ1) is 20.7. The topological polar surface area (TPSA) is 95.9 Å². The molecule has 0 aliphatic carbocycles. The molecule has 1 unspecified atom stereocenters. The van der Waals surface area contributed by atoms with Crippen LogP contribution in [0.3, 0.4) is 0 Å². The molecule has 1 aromatic carbocycles. The van der Waals surface area contributed by atoms with Crippen LogP contribution in [-0.2, 0) is 14.8 Å². The number of carboxylic acids is 1. The number of aryl methyl sites for hydroxylation is 1. The van der Waals surface area contributed by atoms with Crippen LogP contribution >= 0.6 is 0 Å². The lowest BCUT2D eigenvalue weighted by Crippen LogP contribution is -2.43. The lowest BCUT2D eigenvalue weighted by Gasteiger charge is -2.32. The van der Waals surface area contributed by atoms with E-state index >= 15 is 0 Å². The summed E-state index contributed by atoms with van der Waals surface area (Å²) < 4.78 is 33.1. The number of hydrogen-bond acceptors (Lipinski definition) is 5. The third kappa shape index (κ3) is 5.43. The van der Waals surface area contributed by atoms with Crippen LogP contribution in [0.5, 0.6) is 5.75 Å². The standard InChI is InChI=1S/C18H28N2O5S/c1-13(2)25-17-7-6-16(9-14(17)3)26(23,24)20-8-4-5-15(12-20)10-19-11-18(21)22/h6-7,9,13,15,19H,4-5,8,10-12H2,1-3H3,(H,21,22). The van der Waals surface area contributed by atoms with Crippen molar-refractivity contribution in [2.45, 2.75) is 44.6 Å². The van der Waals surface area contributed by atoms with Crippen molar-refractivity contribution in [3.63, 3.8) is 0 Å². The highest BCUT2D eigenvalue weighted by Gasteiger charge is 2.30. The summed E-state index contributed by atoms with van der Waals surface area (Å²) in [5, 5.41) is 11.6. The van der Waals surface area contributed by atoms with Gasteiger partial charge in [-0.05, 0) is 69.8 Å². The fourth-order valence-corrected chi connectivity index (χ4v) is 4.75. The number of carbonyl (C=O) groups is 1. The molecule has 8 heteroatoms. The Kier molecular flexibility index (Phi) is 7.02. The van der Waals surface area contributed by atoms with Crippen LogP contribution in [0, 0.1) is 12.8 Å². The number of ether oxygens (including phenoxy) is 1. The zero-order chi connectivity index (χ0) is 19.3. The Morgan fingerprint density at radius 3 is 2.77 bits per heavy atom. The summed E-state index contributed by atoms with van der Waals surface area (Å²) in [6, 6.07) is 4.95. The van der Waals surface area contributed by atoms with Gasteiger partial charge >= 0.3 is 5.97 Å². The monoisotopic (exact) mass is 384 g/mol. The lowest BCUT2D eigenvalue weighted by atomic mass is 10.00. The van der Waals surface area contributed by atoms with Crippen LogP contribution in [0.25, 0.3) is 0 Å². The number of nitrogens with zero attached hydrogens (tertiary/aromatic N) is 1. The lowest BCUT2D eigenvalue weighted by molar-refractivity contribution is -0.136. The van der Waals surface area contributed by atoms with Crippen LogP contribution < -0.4 is 10.1 Å². The SMILES string of the molecule is Cc1cc(S(=O)(=O)N2CCCC(CNCC(=O)O)C2)ccc1OC(C)C. The summed E-state index contributed by atoms with van der Waals surface area (Å²) in [6.07, 6.45) is 1.68. The van der Waals surface area contributed by atoms with Crippen molar-refractivity contribution in [1.82, 2.24) is 9.62 Å². The molecule has 0 radical (unpaired) electrons. The maximum absolute atomic E-state index is 13.0. The van der Waals surface area contributed by atoms with Crippen molar-refractivity contribution < 1.29 is 23.1 Å². The van der Waals surface area contributed by atoms with Crippen molar-refractivity contribution in [3.8, 4) is 5.75 Å². The number of nitrogens with one attached hydrogen (secondary N) is 1. The molecular formula is C18H28N2O5S. The second-order valence-electron chi connectivity index (χ2n) is 6.99. The van der Waals surface area contributed by atoms with E-state index in [0.29, 0.717) is 25.4 Å². The molecule has 1 saturated heterocycles. The third-order valence-electron chi connectivity index (χ3n) is 4.34. The molecule has 1 heterocycles. The van der Waals surface area contributed by atoms with Crippen molar-refractivity contribution in [3.05, 3.63) is 23.8 Å². The number of benzene rings is 1. The number of piperidine rings is 1. The van der Waals surface area contributed by atoms with Gasteiger partial charge in [0, 0.05) is 13.1 Å². The Morgan fingerprint density at radius 1 is 1.42 bits per heavy atom. The molecule has 1 aliphatic rings. The molecule has 146 valence electrons. The predicted octanol–water partition coefficient (Wildman–Crippen LogP) is 1.86. The van der Waals surface area contributed by atoms with Crippen molar-refractivity contribution in [2.75, 3.05) is 26.2 Å². The molecule has 1 atom stereocenters. The molecule has 0 amide bonds. The van der Waals surface area contributed by atoms with Gasteiger partial charge in [0.05, 0.1) is 17.5 Å². The van der Waals surface area contributed by atoms with Gasteiger partial charge < -0.3 is 15.2 Å². The Hall–Kier alpha value is -1.64. The van der Waals surface area contributed by atoms with Gasteiger partial charge in [0.25, 0.3) is 0 Å². The molecule has 0 bridgehead atoms. The first-order valence-corrected chi connectivity index (χ1v) is 10.3. The van der Waals surface area contributed by atoms with Crippen LogP contribution in [-0.4, -0.2) is 56.1 Å². The molecule has 2 N–H and O–H groups in total. The molecular weight excluding hydrogens is 356 g/mol. The van der Waals surface area contributed by atoms with Crippen LogP contribution in [0.1, 0.15) is 32.3 Å². The normalized spacial score (nSPS) is 18.8. The molecule has 7 nitrogen and oxygen atoms in total. The molecule has 2 rings (SSSR count). The van der Waals surface area contributed by atoms with E-state index in [1.807, 2.05) is 20.8 Å². The van der Waals surface area contributed by atoms with E-state index in [-0.39, 0.29) is 23.5 Å². The second-order valence-corrected chi connectivity index (χ2v) is 8.93. The first-order chi connectivity index (χ1) is 12.2. The van der Waals surface area contributed by atoms with Crippen molar-refractivity contribution >= 4 is 16.0 Å². The Balaban J connectivity index is 2.08. The largest absolute Gasteiger partial charge is 0.491 e. The van der Waals surface area contributed by atoms with E-state index in [2.05, 4.69) is 5.32 Å². The third-order valence-corrected chi connectivity index (χ3v) is 6.20. The summed E-state index contributed by atoms with van der Waals surface area (Å²) in [5.74, 6) is -0.111. The Labute approximate surface area is 155 Å². The maximum atomic E-state index is 13.0. The van der Waals surface area contributed by atoms with Gasteiger partial charge in [-0.3, -0.25) is 4.79 Å². The van der Waals surface area contributed by atoms with E-state index in [0.717, 1.165) is 18.4 Å². The summed E-state index contributed by atoms with van der Waals surface area (Å²) >= 11 is 0. The van der Waals surface area contributed by atoms with E-state index in [1.165, 1.54) is 4.31 Å². The molecule has 26 heavy (non-hydrogen) atoms. The van der Waals surface area contributed by atoms with Gasteiger partial charge in [-0.25, -0.2) is 8.42 Å². The Morgan fingerprint density at radius 2 is 2.15 bits per heavy atom. The van der Waals surface area contributed by atoms with E-state index in [1.54, 1.807) is 18.2 Å². The minimum absolute atomic E-state index is 0.0253. The van der Waals surface area contributed by atoms with Crippen LogP contribution in [0.15, 0.2) is 23.1 Å². The molecule has 1 aliphatic heterocycles. The summed E-state index contributed by atoms with van der Waals surface area (Å²) in [7, 11) is -3.57. The molecule has 0 saturated carbocycles. The number of rotatable bonds is 8. The zero-order valence-electron chi connectivity index (χ0n) is 15.6. The van der Waals surface area contributed by atoms with Crippen molar-refractivity contribution in [1.29, 1.82) is 0 Å². The van der Waals surface area contributed by atoms with Gasteiger partial charge in [-0.1, -0.05) is 0 Å². The van der Waals surface area contributed by atoms with Crippen LogP contribution in [0.4, 0.5) is 0 Å². The fourth-order valence-electron chi connectivity index (χ4n) is 3.11. The molecule has 1 fully saturated rings. The van der Waals surface area contributed by atoms with E-state index in [9.17, 15) is 13.2 Å². The minimum atomic E-state index is -3.57. The number of aliphatic carboxylic acids is 1. The quantitative estimate of drug-likeness (QED) is 0.710. The average Bonchev–Trinajstić information content (AvgIpc) is 2.56. The highest BCUT2D eigenvalue weighted by Crippen LogP contribution is 2.27. The number of carboxylic acid groups (broad SMARTS) is 1.